The lowest BCUT2D eigenvalue weighted by molar-refractivity contribution is -0.0383. The monoisotopic (exact) mass is 344 g/mol. The average molecular weight is 344 g/mol. The minimum absolute atomic E-state index is 0.0213. The Kier molecular flexibility index (Phi) is 4.70. The Labute approximate surface area is 114 Å². The van der Waals surface area contributed by atoms with E-state index in [9.17, 15) is 4.79 Å². The maximum absolute atomic E-state index is 11.9. The van der Waals surface area contributed by atoms with E-state index in [0.717, 1.165) is 3.58 Å². The number of carbonyl (C=O) groups excluding carboxylic acids is 1. The van der Waals surface area contributed by atoms with Gasteiger partial charge in [0.05, 0.1) is 13.2 Å². The number of halogens is 1. The van der Waals surface area contributed by atoms with Crippen LogP contribution in [-0.2, 0) is 9.47 Å². The topological polar surface area (TPSA) is 35.5 Å². The first-order chi connectivity index (χ1) is 8.25. The normalized spacial score (nSPS) is 17.4. The molecule has 1 saturated heterocycles. The first-order valence-electron chi connectivity index (χ1n) is 5.44. The maximum atomic E-state index is 11.9. The number of carbonyl (C=O) groups is 1. The van der Waals surface area contributed by atoms with E-state index in [1.165, 1.54) is 0 Å². The van der Waals surface area contributed by atoms with Crippen molar-refractivity contribution in [3.63, 3.8) is 0 Å². The molecule has 0 aliphatic carbocycles. The van der Waals surface area contributed by atoms with Crippen molar-refractivity contribution in [1.82, 2.24) is 0 Å². The summed E-state index contributed by atoms with van der Waals surface area (Å²) in [6.45, 7) is 1.28. The molecule has 90 valence electrons. The third-order valence-electron chi connectivity index (χ3n) is 2.40. The number of benzene rings is 1. The summed E-state index contributed by atoms with van der Waals surface area (Å²) < 4.78 is 11.6. The van der Waals surface area contributed by atoms with Crippen LogP contribution in [0.3, 0.4) is 0 Å². The third-order valence-corrected chi connectivity index (χ3v) is 3.15. The zero-order chi connectivity index (χ0) is 12.1. The van der Waals surface area contributed by atoms with Crippen molar-refractivity contribution in [2.45, 2.75) is 12.7 Å². The highest BCUT2D eigenvalue weighted by Crippen LogP contribution is 2.20. The van der Waals surface area contributed by atoms with Gasteiger partial charge in [0.25, 0.3) is 0 Å². The van der Waals surface area contributed by atoms with Gasteiger partial charge in [-0.3, -0.25) is 4.79 Å². The molecule has 1 aliphatic rings. The second-order valence-electron chi connectivity index (χ2n) is 3.70. The highest BCUT2D eigenvalue weighted by atomic mass is 127. The van der Waals surface area contributed by atoms with E-state index >= 15 is 0 Å². The van der Waals surface area contributed by atoms with Crippen molar-refractivity contribution >= 4 is 28.4 Å². The Morgan fingerprint density at radius 1 is 1.29 bits per heavy atom. The van der Waals surface area contributed by atoms with Crippen LogP contribution in [0.4, 0.5) is 0 Å². The predicted molar refractivity (Wildman–Crippen MR) is 73.2 cm³/mol. The Hall–Kier alpha value is -0.720. The van der Waals surface area contributed by atoms with Crippen LogP contribution in [0.5, 0.6) is 0 Å². The van der Waals surface area contributed by atoms with Gasteiger partial charge in [-0.25, -0.2) is 0 Å². The molecule has 0 aromatic heterocycles. The molecule has 0 bridgehead atoms. The molecule has 0 N–H and O–H groups in total. The molecule has 4 heteroatoms. The molecule has 17 heavy (non-hydrogen) atoms. The Balaban J connectivity index is 1.96. The van der Waals surface area contributed by atoms with Crippen molar-refractivity contribution in [2.75, 3.05) is 13.2 Å². The Morgan fingerprint density at radius 3 is 2.59 bits per heavy atom. The Bertz CT molecular complexity index is 408. The minimum Gasteiger partial charge on any atom is -0.350 e. The average Bonchev–Trinajstić information content (AvgIpc) is 2.82. The van der Waals surface area contributed by atoms with Gasteiger partial charge in [0.15, 0.2) is 12.1 Å². The van der Waals surface area contributed by atoms with Crippen LogP contribution in [-0.4, -0.2) is 25.3 Å². The van der Waals surface area contributed by atoms with Gasteiger partial charge in [-0.15, -0.1) is 0 Å². The largest absolute Gasteiger partial charge is 0.350 e. The van der Waals surface area contributed by atoms with Gasteiger partial charge in [-0.2, -0.15) is 0 Å². The van der Waals surface area contributed by atoms with E-state index < -0.39 is 0 Å². The van der Waals surface area contributed by atoms with Gasteiger partial charge in [0.2, 0.25) is 0 Å². The zero-order valence-corrected chi connectivity index (χ0v) is 11.4. The van der Waals surface area contributed by atoms with Crippen LogP contribution < -0.4 is 0 Å². The van der Waals surface area contributed by atoms with Crippen molar-refractivity contribution in [3.05, 3.63) is 45.6 Å². The van der Waals surface area contributed by atoms with Crippen LogP contribution >= 0.6 is 22.6 Å². The maximum Gasteiger partial charge on any atom is 0.186 e. The fraction of sp³-hybridized carbons (Fsp3) is 0.308. The summed E-state index contributed by atoms with van der Waals surface area (Å²) in [4.78, 5) is 11.9. The van der Waals surface area contributed by atoms with E-state index in [-0.39, 0.29) is 12.1 Å². The summed E-state index contributed by atoms with van der Waals surface area (Å²) in [5.41, 5.74) is 0.704. The molecule has 2 rings (SSSR count). The summed E-state index contributed by atoms with van der Waals surface area (Å²) in [6, 6.07) is 9.23. The van der Waals surface area contributed by atoms with E-state index in [0.29, 0.717) is 25.2 Å². The second-order valence-corrected chi connectivity index (χ2v) is 5.08. The molecule has 3 nitrogen and oxygen atoms in total. The highest BCUT2D eigenvalue weighted by molar-refractivity contribution is 14.1. The number of ketones is 1. The number of hydrogen-bond donors (Lipinski definition) is 0. The van der Waals surface area contributed by atoms with Gasteiger partial charge >= 0.3 is 0 Å². The standard InChI is InChI=1S/C13H13IO3/c14-11(9-13-16-6-7-17-13)8-12(15)10-4-2-1-3-5-10/h1-5,8,13H,6-7,9H2/b11-8-. The molecular weight excluding hydrogens is 331 g/mol. The summed E-state index contributed by atoms with van der Waals surface area (Å²) in [5, 5.41) is 0. The van der Waals surface area contributed by atoms with Gasteiger partial charge in [-0.05, 0) is 32.2 Å². The van der Waals surface area contributed by atoms with E-state index in [2.05, 4.69) is 22.6 Å². The molecule has 1 aromatic carbocycles. The number of hydrogen-bond acceptors (Lipinski definition) is 3. The van der Waals surface area contributed by atoms with Gasteiger partial charge < -0.3 is 9.47 Å². The van der Waals surface area contributed by atoms with Crippen LogP contribution in [0.1, 0.15) is 16.8 Å². The van der Waals surface area contributed by atoms with Crippen molar-refractivity contribution in [1.29, 1.82) is 0 Å². The molecule has 0 spiro atoms. The second kappa shape index (κ2) is 6.28. The Morgan fingerprint density at radius 2 is 1.94 bits per heavy atom. The van der Waals surface area contributed by atoms with E-state index in [4.69, 9.17) is 9.47 Å². The molecule has 0 radical (unpaired) electrons. The summed E-state index contributed by atoms with van der Waals surface area (Å²) in [5.74, 6) is 0.0213. The smallest absolute Gasteiger partial charge is 0.186 e. The summed E-state index contributed by atoms with van der Waals surface area (Å²) in [7, 11) is 0. The van der Waals surface area contributed by atoms with Gasteiger partial charge in [0.1, 0.15) is 0 Å². The predicted octanol–water partition coefficient (Wildman–Crippen LogP) is 2.95. The number of allylic oxidation sites excluding steroid dienone is 1. The molecule has 1 aliphatic heterocycles. The number of rotatable bonds is 4. The zero-order valence-electron chi connectivity index (χ0n) is 9.27. The van der Waals surface area contributed by atoms with Gasteiger partial charge in [-0.1, -0.05) is 30.3 Å². The van der Waals surface area contributed by atoms with Crippen molar-refractivity contribution < 1.29 is 14.3 Å². The van der Waals surface area contributed by atoms with Crippen molar-refractivity contribution in [2.24, 2.45) is 0 Å². The van der Waals surface area contributed by atoms with Crippen molar-refractivity contribution in [3.8, 4) is 0 Å². The van der Waals surface area contributed by atoms with Crippen LogP contribution in [0.25, 0.3) is 0 Å². The fourth-order valence-corrected chi connectivity index (χ4v) is 2.21. The summed E-state index contributed by atoms with van der Waals surface area (Å²) >= 11 is 2.15. The lowest BCUT2D eigenvalue weighted by Crippen LogP contribution is -2.07. The van der Waals surface area contributed by atoms with E-state index in [1.54, 1.807) is 6.08 Å². The van der Waals surface area contributed by atoms with Crippen LogP contribution in [0.2, 0.25) is 0 Å². The molecule has 1 aromatic rings. The minimum atomic E-state index is -0.193. The highest BCUT2D eigenvalue weighted by Gasteiger charge is 2.17. The lowest BCUT2D eigenvalue weighted by atomic mass is 10.1. The SMILES string of the molecule is O=C(/C=C(\I)CC1OCCO1)c1ccccc1. The lowest BCUT2D eigenvalue weighted by Gasteiger charge is -2.07. The fourth-order valence-electron chi connectivity index (χ4n) is 1.57. The molecular formula is C13H13IO3. The molecule has 1 heterocycles. The van der Waals surface area contributed by atoms with Crippen LogP contribution in [0, 0.1) is 0 Å². The molecule has 0 amide bonds. The molecule has 0 saturated carbocycles. The quantitative estimate of drug-likeness (QED) is 0.479. The van der Waals surface area contributed by atoms with Gasteiger partial charge in [0, 0.05) is 12.0 Å². The summed E-state index contributed by atoms with van der Waals surface area (Å²) in [6.07, 6.45) is 2.08. The first-order valence-corrected chi connectivity index (χ1v) is 6.52. The molecule has 1 fully saturated rings. The number of ether oxygens (including phenoxy) is 2. The first kappa shape index (κ1) is 12.7. The molecule has 0 unspecified atom stereocenters. The van der Waals surface area contributed by atoms with E-state index in [1.807, 2.05) is 30.3 Å². The molecule has 0 atom stereocenters. The van der Waals surface area contributed by atoms with Crippen LogP contribution in [0.15, 0.2) is 40.0 Å². The third kappa shape index (κ3) is 3.90.